The Morgan fingerprint density at radius 1 is 1.19 bits per heavy atom. The molecule has 16 heavy (non-hydrogen) atoms. The molecule has 0 aliphatic rings. The van der Waals surface area contributed by atoms with Crippen LogP contribution in [0.4, 0.5) is 0 Å². The highest BCUT2D eigenvalue weighted by Gasteiger charge is 2.17. The number of fused-ring (bicyclic) bond motifs is 1. The lowest BCUT2D eigenvalue weighted by Gasteiger charge is -2.20. The van der Waals surface area contributed by atoms with Crippen LogP contribution in [-0.2, 0) is 5.41 Å². The third-order valence-electron chi connectivity index (χ3n) is 2.69. The van der Waals surface area contributed by atoms with Crippen molar-refractivity contribution in [2.45, 2.75) is 26.2 Å². The molecule has 0 aliphatic carbocycles. The van der Waals surface area contributed by atoms with Gasteiger partial charge in [0.05, 0.1) is 5.39 Å². The fraction of sp³-hybridized carbons (Fsp3) is 0.308. The molecule has 0 bridgehead atoms. The second-order valence-corrected chi connectivity index (χ2v) is 5.01. The molecule has 0 saturated carbocycles. The number of phenols is 1. The Hall–Kier alpha value is -1.77. The first-order valence-corrected chi connectivity index (χ1v) is 5.24. The number of rotatable bonds is 0. The van der Waals surface area contributed by atoms with Crippen LogP contribution in [0.15, 0.2) is 29.2 Å². The van der Waals surface area contributed by atoms with E-state index in [0.717, 1.165) is 10.9 Å². The number of pyridine rings is 1. The summed E-state index contributed by atoms with van der Waals surface area (Å²) in [4.78, 5) is 14.4. The molecular formula is C13H15NO2. The molecule has 3 heteroatoms. The molecule has 1 aromatic carbocycles. The minimum Gasteiger partial charge on any atom is -0.508 e. The molecule has 84 valence electrons. The maximum atomic E-state index is 11.6. The van der Waals surface area contributed by atoms with E-state index in [4.69, 9.17) is 0 Å². The predicted octanol–water partition coefficient (Wildman–Crippen LogP) is 2.53. The van der Waals surface area contributed by atoms with Gasteiger partial charge in [0.15, 0.2) is 0 Å². The van der Waals surface area contributed by atoms with Gasteiger partial charge in [0.2, 0.25) is 0 Å². The molecule has 0 spiro atoms. The number of benzene rings is 1. The van der Waals surface area contributed by atoms with Crippen LogP contribution in [0, 0.1) is 0 Å². The molecule has 0 fully saturated rings. The maximum Gasteiger partial charge on any atom is 0.255 e. The topological polar surface area (TPSA) is 53.1 Å². The summed E-state index contributed by atoms with van der Waals surface area (Å²) in [6.45, 7) is 6.27. The average Bonchev–Trinajstić information content (AvgIpc) is 2.17. The van der Waals surface area contributed by atoms with Crippen LogP contribution in [-0.4, -0.2) is 10.1 Å². The smallest absolute Gasteiger partial charge is 0.255 e. The summed E-state index contributed by atoms with van der Waals surface area (Å²) in [5, 5.41) is 10.8. The molecule has 0 radical (unpaired) electrons. The normalized spacial score (nSPS) is 11.9. The highest BCUT2D eigenvalue weighted by Crippen LogP contribution is 2.29. The zero-order valence-corrected chi connectivity index (χ0v) is 9.66. The summed E-state index contributed by atoms with van der Waals surface area (Å²) in [6.07, 6.45) is 1.75. The Labute approximate surface area is 93.7 Å². The number of hydrogen-bond donors (Lipinski definition) is 2. The fourth-order valence-electron chi connectivity index (χ4n) is 1.87. The first kappa shape index (κ1) is 10.7. The lowest BCUT2D eigenvalue weighted by atomic mass is 9.85. The van der Waals surface area contributed by atoms with Gasteiger partial charge < -0.3 is 10.1 Å². The van der Waals surface area contributed by atoms with Gasteiger partial charge in [-0.05, 0) is 28.5 Å². The Morgan fingerprint density at radius 3 is 2.50 bits per heavy atom. The van der Waals surface area contributed by atoms with E-state index in [-0.39, 0.29) is 16.7 Å². The van der Waals surface area contributed by atoms with Crippen LogP contribution in [0.1, 0.15) is 26.3 Å². The summed E-state index contributed by atoms with van der Waals surface area (Å²) in [7, 11) is 0. The first-order valence-electron chi connectivity index (χ1n) is 5.24. The Bertz CT molecular complexity index is 591. The number of nitrogens with one attached hydrogen (secondary N) is 1. The van der Waals surface area contributed by atoms with Crippen molar-refractivity contribution in [3.63, 3.8) is 0 Å². The standard InChI is InChI=1S/C13H15NO2/c1-13(2,3)11-7-14-12(16)10-6-8(15)4-5-9(10)11/h4-7,15H,1-3H3,(H,14,16). The van der Waals surface area contributed by atoms with Crippen molar-refractivity contribution >= 4 is 10.8 Å². The van der Waals surface area contributed by atoms with Crippen molar-refractivity contribution in [2.75, 3.05) is 0 Å². The van der Waals surface area contributed by atoms with Gasteiger partial charge >= 0.3 is 0 Å². The first-order chi connectivity index (χ1) is 7.39. The number of phenolic OH excluding ortho intramolecular Hbond substituents is 1. The van der Waals surface area contributed by atoms with Crippen LogP contribution in [0.25, 0.3) is 10.8 Å². The SMILES string of the molecule is CC(C)(C)c1c[nH]c(=O)c2cc(O)ccc12. The molecule has 0 aliphatic heterocycles. The van der Waals surface area contributed by atoms with Crippen molar-refractivity contribution in [2.24, 2.45) is 0 Å². The van der Waals surface area contributed by atoms with Crippen LogP contribution in [0.2, 0.25) is 0 Å². The lowest BCUT2D eigenvalue weighted by Crippen LogP contribution is -2.16. The monoisotopic (exact) mass is 217 g/mol. The molecule has 3 nitrogen and oxygen atoms in total. The largest absolute Gasteiger partial charge is 0.508 e. The van der Waals surface area contributed by atoms with Crippen LogP contribution in [0.3, 0.4) is 0 Å². The molecule has 2 rings (SSSR count). The Kier molecular flexibility index (Phi) is 2.26. The molecule has 0 unspecified atom stereocenters. The van der Waals surface area contributed by atoms with Crippen molar-refractivity contribution in [3.8, 4) is 5.75 Å². The minimum absolute atomic E-state index is 0.0422. The lowest BCUT2D eigenvalue weighted by molar-refractivity contribution is 0.476. The number of aromatic hydroxyl groups is 1. The molecule has 0 saturated heterocycles. The predicted molar refractivity (Wildman–Crippen MR) is 64.9 cm³/mol. The molecule has 1 aromatic heterocycles. The molecular weight excluding hydrogens is 202 g/mol. The number of H-pyrrole nitrogens is 1. The van der Waals surface area contributed by atoms with E-state index in [0.29, 0.717) is 5.39 Å². The number of aromatic amines is 1. The van der Waals surface area contributed by atoms with E-state index in [9.17, 15) is 9.90 Å². The van der Waals surface area contributed by atoms with E-state index in [1.54, 1.807) is 18.3 Å². The quantitative estimate of drug-likeness (QED) is 0.712. The van der Waals surface area contributed by atoms with E-state index in [1.165, 1.54) is 6.07 Å². The van der Waals surface area contributed by atoms with Gasteiger partial charge in [-0.15, -0.1) is 0 Å². The number of hydrogen-bond acceptors (Lipinski definition) is 2. The van der Waals surface area contributed by atoms with Crippen LogP contribution >= 0.6 is 0 Å². The summed E-state index contributed by atoms with van der Waals surface area (Å²) in [6, 6.07) is 4.90. The summed E-state index contributed by atoms with van der Waals surface area (Å²) in [5.41, 5.74) is 0.861. The highest BCUT2D eigenvalue weighted by atomic mass is 16.3. The van der Waals surface area contributed by atoms with E-state index >= 15 is 0 Å². The number of aromatic nitrogens is 1. The molecule has 1 heterocycles. The zero-order valence-electron chi connectivity index (χ0n) is 9.66. The van der Waals surface area contributed by atoms with Crippen molar-refractivity contribution in [1.29, 1.82) is 0 Å². The molecule has 0 atom stereocenters. The van der Waals surface area contributed by atoms with Crippen molar-refractivity contribution in [3.05, 3.63) is 40.3 Å². The third-order valence-corrected chi connectivity index (χ3v) is 2.69. The van der Waals surface area contributed by atoms with Gasteiger partial charge in [0, 0.05) is 6.20 Å². The van der Waals surface area contributed by atoms with Gasteiger partial charge in [-0.2, -0.15) is 0 Å². The van der Waals surface area contributed by atoms with Gasteiger partial charge in [-0.1, -0.05) is 26.8 Å². The Morgan fingerprint density at radius 2 is 1.88 bits per heavy atom. The summed E-state index contributed by atoms with van der Waals surface area (Å²) < 4.78 is 0. The van der Waals surface area contributed by atoms with Crippen molar-refractivity contribution in [1.82, 2.24) is 4.98 Å². The van der Waals surface area contributed by atoms with Crippen molar-refractivity contribution < 1.29 is 5.11 Å². The second-order valence-electron chi connectivity index (χ2n) is 5.01. The molecule has 2 aromatic rings. The van der Waals surface area contributed by atoms with Gasteiger partial charge in [0.25, 0.3) is 5.56 Å². The van der Waals surface area contributed by atoms with Crippen LogP contribution < -0.4 is 5.56 Å². The fourth-order valence-corrected chi connectivity index (χ4v) is 1.87. The third kappa shape index (κ3) is 1.69. The summed E-state index contributed by atoms with van der Waals surface area (Å²) in [5.74, 6) is 0.115. The van der Waals surface area contributed by atoms with E-state index in [2.05, 4.69) is 25.8 Å². The van der Waals surface area contributed by atoms with E-state index in [1.807, 2.05) is 0 Å². The Balaban J connectivity index is 2.90. The van der Waals surface area contributed by atoms with E-state index < -0.39 is 0 Å². The second kappa shape index (κ2) is 3.37. The molecule has 0 amide bonds. The summed E-state index contributed by atoms with van der Waals surface area (Å²) >= 11 is 0. The minimum atomic E-state index is -0.168. The maximum absolute atomic E-state index is 11.6. The highest BCUT2D eigenvalue weighted by molar-refractivity contribution is 5.86. The van der Waals surface area contributed by atoms with Crippen LogP contribution in [0.5, 0.6) is 5.75 Å². The average molecular weight is 217 g/mol. The molecule has 2 N–H and O–H groups in total. The van der Waals surface area contributed by atoms with Gasteiger partial charge in [-0.25, -0.2) is 0 Å². The van der Waals surface area contributed by atoms with Gasteiger partial charge in [0.1, 0.15) is 5.75 Å². The van der Waals surface area contributed by atoms with Gasteiger partial charge in [-0.3, -0.25) is 4.79 Å². The zero-order chi connectivity index (χ0) is 11.9.